The molecule has 0 bridgehead atoms. The molecule has 0 aliphatic heterocycles. The second kappa shape index (κ2) is 7.93. The van der Waals surface area contributed by atoms with E-state index in [4.69, 9.17) is 0 Å². The Balaban J connectivity index is 2.47. The zero-order valence-corrected chi connectivity index (χ0v) is 13.5. The van der Waals surface area contributed by atoms with Crippen LogP contribution in [0.2, 0.25) is 0 Å². The average Bonchev–Trinajstić information content (AvgIpc) is 2.26. The molecule has 0 aliphatic carbocycles. The van der Waals surface area contributed by atoms with Gasteiger partial charge in [0.2, 0.25) is 0 Å². The maximum atomic E-state index is 3.66. The van der Waals surface area contributed by atoms with Crippen molar-refractivity contribution in [2.75, 3.05) is 20.6 Å². The van der Waals surface area contributed by atoms with Crippen LogP contribution < -0.4 is 5.32 Å². The number of nitrogens with zero attached hydrogens (tertiary/aromatic N) is 1. The normalized spacial score (nSPS) is 13.3. The molecule has 0 saturated heterocycles. The van der Waals surface area contributed by atoms with Crippen LogP contribution in [0.4, 0.5) is 0 Å². The Morgan fingerprint density at radius 3 is 2.28 bits per heavy atom. The van der Waals surface area contributed by atoms with Gasteiger partial charge in [-0.2, -0.15) is 0 Å². The quantitative estimate of drug-likeness (QED) is 0.828. The van der Waals surface area contributed by atoms with E-state index in [9.17, 15) is 0 Å². The molecule has 0 heterocycles. The van der Waals surface area contributed by atoms with Gasteiger partial charge in [0.15, 0.2) is 0 Å². The minimum absolute atomic E-state index is 0.559. The van der Waals surface area contributed by atoms with E-state index >= 15 is 0 Å². The first kappa shape index (κ1) is 15.7. The molecule has 0 aromatic heterocycles. The first-order chi connectivity index (χ1) is 8.47. The predicted molar refractivity (Wildman–Crippen MR) is 82.8 cm³/mol. The van der Waals surface area contributed by atoms with Crippen molar-refractivity contribution in [3.8, 4) is 0 Å². The molecule has 1 rings (SSSR count). The SMILES string of the molecule is CC(C)CC(CN(C)C)NCc1ccc(Br)cc1. The number of benzene rings is 1. The molecule has 1 unspecified atom stereocenters. The summed E-state index contributed by atoms with van der Waals surface area (Å²) in [4.78, 5) is 2.25. The summed E-state index contributed by atoms with van der Waals surface area (Å²) in [6.45, 7) is 6.60. The number of hydrogen-bond acceptors (Lipinski definition) is 2. The molecule has 1 atom stereocenters. The Kier molecular flexibility index (Phi) is 6.90. The lowest BCUT2D eigenvalue weighted by Crippen LogP contribution is -2.38. The molecular weight excluding hydrogens is 288 g/mol. The van der Waals surface area contributed by atoms with Gasteiger partial charge in [-0.25, -0.2) is 0 Å². The van der Waals surface area contributed by atoms with E-state index in [1.807, 2.05) is 0 Å². The van der Waals surface area contributed by atoms with Gasteiger partial charge < -0.3 is 10.2 Å². The van der Waals surface area contributed by atoms with E-state index in [2.05, 4.69) is 78.4 Å². The smallest absolute Gasteiger partial charge is 0.0208 e. The monoisotopic (exact) mass is 312 g/mol. The Bertz CT molecular complexity index is 323. The zero-order valence-electron chi connectivity index (χ0n) is 11.9. The number of likely N-dealkylation sites (N-methyl/N-ethyl adjacent to an activating group) is 1. The van der Waals surface area contributed by atoms with Crippen LogP contribution in [0.15, 0.2) is 28.7 Å². The van der Waals surface area contributed by atoms with Crippen molar-refractivity contribution in [1.29, 1.82) is 0 Å². The minimum atomic E-state index is 0.559. The highest BCUT2D eigenvalue weighted by Crippen LogP contribution is 2.11. The Morgan fingerprint density at radius 2 is 1.78 bits per heavy atom. The summed E-state index contributed by atoms with van der Waals surface area (Å²) >= 11 is 3.46. The van der Waals surface area contributed by atoms with E-state index in [1.165, 1.54) is 12.0 Å². The summed E-state index contributed by atoms with van der Waals surface area (Å²) in [5.41, 5.74) is 1.34. The number of rotatable bonds is 7. The van der Waals surface area contributed by atoms with E-state index in [0.29, 0.717) is 6.04 Å². The molecule has 1 aromatic carbocycles. The molecule has 0 spiro atoms. The first-order valence-electron chi connectivity index (χ1n) is 6.60. The van der Waals surface area contributed by atoms with Crippen molar-refractivity contribution in [2.24, 2.45) is 5.92 Å². The third-order valence-electron chi connectivity index (χ3n) is 2.85. The topological polar surface area (TPSA) is 15.3 Å². The number of nitrogens with one attached hydrogen (secondary N) is 1. The van der Waals surface area contributed by atoms with Crippen LogP contribution in [0.3, 0.4) is 0 Å². The van der Waals surface area contributed by atoms with Gasteiger partial charge in [0.1, 0.15) is 0 Å². The fourth-order valence-electron chi connectivity index (χ4n) is 2.10. The summed E-state index contributed by atoms with van der Waals surface area (Å²) in [5.74, 6) is 0.729. The minimum Gasteiger partial charge on any atom is -0.309 e. The van der Waals surface area contributed by atoms with Gasteiger partial charge in [-0.15, -0.1) is 0 Å². The molecule has 0 saturated carbocycles. The van der Waals surface area contributed by atoms with Gasteiger partial charge in [0.25, 0.3) is 0 Å². The Morgan fingerprint density at radius 1 is 1.17 bits per heavy atom. The molecule has 0 radical (unpaired) electrons. The molecule has 102 valence electrons. The first-order valence-corrected chi connectivity index (χ1v) is 7.39. The molecular formula is C15H25BrN2. The molecule has 3 heteroatoms. The largest absolute Gasteiger partial charge is 0.309 e. The maximum absolute atomic E-state index is 3.66. The van der Waals surface area contributed by atoms with E-state index in [0.717, 1.165) is 23.5 Å². The highest BCUT2D eigenvalue weighted by Gasteiger charge is 2.11. The van der Waals surface area contributed by atoms with Gasteiger partial charge in [-0.3, -0.25) is 0 Å². The molecule has 0 aliphatic rings. The average molecular weight is 313 g/mol. The summed E-state index contributed by atoms with van der Waals surface area (Å²) in [5, 5.41) is 3.66. The van der Waals surface area contributed by atoms with Gasteiger partial charge >= 0.3 is 0 Å². The lowest BCUT2D eigenvalue weighted by Gasteiger charge is -2.24. The van der Waals surface area contributed by atoms with E-state index in [-0.39, 0.29) is 0 Å². The van der Waals surface area contributed by atoms with E-state index in [1.54, 1.807) is 0 Å². The van der Waals surface area contributed by atoms with Gasteiger partial charge in [-0.1, -0.05) is 41.9 Å². The maximum Gasteiger partial charge on any atom is 0.0208 e. The van der Waals surface area contributed by atoms with Gasteiger partial charge in [-0.05, 0) is 44.1 Å². The summed E-state index contributed by atoms with van der Waals surface area (Å²) < 4.78 is 1.14. The number of hydrogen-bond donors (Lipinski definition) is 1. The molecule has 18 heavy (non-hydrogen) atoms. The van der Waals surface area contributed by atoms with Crippen LogP contribution >= 0.6 is 15.9 Å². The van der Waals surface area contributed by atoms with Crippen LogP contribution in [0.1, 0.15) is 25.8 Å². The van der Waals surface area contributed by atoms with Crippen molar-refractivity contribution in [2.45, 2.75) is 32.9 Å². The van der Waals surface area contributed by atoms with Crippen molar-refractivity contribution in [3.63, 3.8) is 0 Å². The fraction of sp³-hybridized carbons (Fsp3) is 0.600. The molecule has 2 nitrogen and oxygen atoms in total. The highest BCUT2D eigenvalue weighted by molar-refractivity contribution is 9.10. The third kappa shape index (κ3) is 6.53. The third-order valence-corrected chi connectivity index (χ3v) is 3.38. The van der Waals surface area contributed by atoms with Gasteiger partial charge in [0.05, 0.1) is 0 Å². The van der Waals surface area contributed by atoms with Crippen LogP contribution in [0.25, 0.3) is 0 Å². The molecule has 0 fully saturated rings. The van der Waals surface area contributed by atoms with Gasteiger partial charge in [0, 0.05) is 23.6 Å². The molecule has 0 amide bonds. The zero-order chi connectivity index (χ0) is 13.5. The molecule has 1 N–H and O–H groups in total. The second-order valence-corrected chi connectivity index (χ2v) is 6.51. The Hall–Kier alpha value is -0.380. The molecule has 1 aromatic rings. The Labute approximate surface area is 120 Å². The summed E-state index contributed by atoms with van der Waals surface area (Å²) in [6, 6.07) is 9.09. The van der Waals surface area contributed by atoms with Crippen molar-refractivity contribution in [3.05, 3.63) is 34.3 Å². The number of halogens is 1. The van der Waals surface area contributed by atoms with Crippen LogP contribution in [-0.4, -0.2) is 31.6 Å². The van der Waals surface area contributed by atoms with Crippen LogP contribution in [-0.2, 0) is 6.54 Å². The van der Waals surface area contributed by atoms with Crippen LogP contribution in [0.5, 0.6) is 0 Å². The van der Waals surface area contributed by atoms with Crippen molar-refractivity contribution >= 4 is 15.9 Å². The summed E-state index contributed by atoms with van der Waals surface area (Å²) in [7, 11) is 4.27. The van der Waals surface area contributed by atoms with E-state index < -0.39 is 0 Å². The predicted octanol–water partition coefficient (Wildman–Crippen LogP) is 3.52. The standard InChI is InChI=1S/C15H25BrN2/c1-12(2)9-15(11-18(3)4)17-10-13-5-7-14(16)8-6-13/h5-8,12,15,17H,9-11H2,1-4H3. The second-order valence-electron chi connectivity index (χ2n) is 5.60. The lowest BCUT2D eigenvalue weighted by atomic mass is 10.0. The summed E-state index contributed by atoms with van der Waals surface area (Å²) in [6.07, 6.45) is 1.22. The lowest BCUT2D eigenvalue weighted by molar-refractivity contribution is 0.305. The van der Waals surface area contributed by atoms with Crippen LogP contribution in [0, 0.1) is 5.92 Å². The van der Waals surface area contributed by atoms with Crippen molar-refractivity contribution in [1.82, 2.24) is 10.2 Å². The highest BCUT2D eigenvalue weighted by atomic mass is 79.9. The van der Waals surface area contributed by atoms with Crippen molar-refractivity contribution < 1.29 is 0 Å². The fourth-order valence-corrected chi connectivity index (χ4v) is 2.36.